The maximum atomic E-state index is 13.6. The predicted octanol–water partition coefficient (Wildman–Crippen LogP) is 3.22. The SMILES string of the molecule is Cc1ccc(OCc2c(F)cccc2Cl)c(CN)n1. The normalized spacial score (nSPS) is 10.5. The number of benzene rings is 1. The fourth-order valence-electron chi connectivity index (χ4n) is 1.70. The molecule has 2 aromatic rings. The van der Waals surface area contributed by atoms with Gasteiger partial charge in [0.25, 0.3) is 0 Å². The van der Waals surface area contributed by atoms with E-state index in [1.807, 2.05) is 13.0 Å². The minimum atomic E-state index is -0.387. The van der Waals surface area contributed by atoms with Crippen LogP contribution in [0.25, 0.3) is 0 Å². The summed E-state index contributed by atoms with van der Waals surface area (Å²) in [5.41, 5.74) is 7.44. The highest BCUT2D eigenvalue weighted by Crippen LogP contribution is 2.23. The van der Waals surface area contributed by atoms with Crippen LogP contribution < -0.4 is 10.5 Å². The molecule has 0 spiro atoms. The Morgan fingerprint density at radius 1 is 1.32 bits per heavy atom. The van der Waals surface area contributed by atoms with Crippen LogP contribution in [0, 0.1) is 12.7 Å². The van der Waals surface area contributed by atoms with E-state index in [2.05, 4.69) is 4.98 Å². The van der Waals surface area contributed by atoms with Gasteiger partial charge in [-0.05, 0) is 31.2 Å². The summed E-state index contributed by atoms with van der Waals surface area (Å²) in [6, 6.07) is 8.12. The monoisotopic (exact) mass is 280 g/mol. The highest BCUT2D eigenvalue weighted by atomic mass is 35.5. The summed E-state index contributed by atoms with van der Waals surface area (Å²) in [6.07, 6.45) is 0. The number of nitrogens with two attached hydrogens (primary N) is 1. The van der Waals surface area contributed by atoms with E-state index in [1.54, 1.807) is 18.2 Å². The largest absolute Gasteiger partial charge is 0.487 e. The lowest BCUT2D eigenvalue weighted by Gasteiger charge is -2.11. The van der Waals surface area contributed by atoms with E-state index in [9.17, 15) is 4.39 Å². The fraction of sp³-hybridized carbons (Fsp3) is 0.214. The van der Waals surface area contributed by atoms with Crippen molar-refractivity contribution < 1.29 is 9.13 Å². The lowest BCUT2D eigenvalue weighted by atomic mass is 10.2. The minimum absolute atomic E-state index is 0.0449. The maximum Gasteiger partial charge on any atom is 0.142 e. The van der Waals surface area contributed by atoms with Gasteiger partial charge in [0.05, 0.1) is 10.7 Å². The Morgan fingerprint density at radius 3 is 2.79 bits per heavy atom. The zero-order chi connectivity index (χ0) is 13.8. The van der Waals surface area contributed by atoms with Crippen LogP contribution in [0.1, 0.15) is 17.0 Å². The molecule has 1 aromatic heterocycles. The Balaban J connectivity index is 2.19. The van der Waals surface area contributed by atoms with Crippen LogP contribution in [-0.4, -0.2) is 4.98 Å². The van der Waals surface area contributed by atoms with Gasteiger partial charge in [0.1, 0.15) is 18.2 Å². The first kappa shape index (κ1) is 13.8. The number of aromatic nitrogens is 1. The molecule has 2 N–H and O–H groups in total. The van der Waals surface area contributed by atoms with Crippen molar-refractivity contribution in [3.05, 3.63) is 58.1 Å². The molecular formula is C14H14ClFN2O. The smallest absolute Gasteiger partial charge is 0.142 e. The van der Waals surface area contributed by atoms with Gasteiger partial charge in [-0.3, -0.25) is 4.98 Å². The first-order valence-corrected chi connectivity index (χ1v) is 6.22. The zero-order valence-corrected chi connectivity index (χ0v) is 11.2. The van der Waals surface area contributed by atoms with Gasteiger partial charge in [0, 0.05) is 17.8 Å². The quantitative estimate of drug-likeness (QED) is 0.935. The van der Waals surface area contributed by atoms with E-state index < -0.39 is 0 Å². The Kier molecular flexibility index (Phi) is 4.35. The summed E-state index contributed by atoms with van der Waals surface area (Å²) in [7, 11) is 0. The van der Waals surface area contributed by atoms with Crippen molar-refractivity contribution in [3.63, 3.8) is 0 Å². The molecule has 0 radical (unpaired) electrons. The summed E-state index contributed by atoms with van der Waals surface area (Å²) < 4.78 is 19.2. The second-order valence-electron chi connectivity index (χ2n) is 4.09. The number of aryl methyl sites for hydroxylation is 1. The van der Waals surface area contributed by atoms with Crippen LogP contribution in [0.2, 0.25) is 5.02 Å². The van der Waals surface area contributed by atoms with Crippen molar-refractivity contribution in [1.82, 2.24) is 4.98 Å². The third-order valence-electron chi connectivity index (χ3n) is 2.70. The molecule has 1 heterocycles. The minimum Gasteiger partial charge on any atom is -0.487 e. The van der Waals surface area contributed by atoms with Crippen molar-refractivity contribution >= 4 is 11.6 Å². The molecule has 1 aromatic carbocycles. The summed E-state index contributed by atoms with van der Waals surface area (Å²) in [4.78, 5) is 4.27. The average Bonchev–Trinajstić information content (AvgIpc) is 2.39. The van der Waals surface area contributed by atoms with E-state index in [0.717, 1.165) is 5.69 Å². The molecule has 0 amide bonds. The Hall–Kier alpha value is -1.65. The van der Waals surface area contributed by atoms with Crippen LogP contribution in [-0.2, 0) is 13.2 Å². The lowest BCUT2D eigenvalue weighted by Crippen LogP contribution is -2.06. The third-order valence-corrected chi connectivity index (χ3v) is 3.05. The van der Waals surface area contributed by atoms with E-state index in [0.29, 0.717) is 22.0 Å². The number of hydrogen-bond acceptors (Lipinski definition) is 3. The summed E-state index contributed by atoms with van der Waals surface area (Å²) in [5, 5.41) is 0.342. The van der Waals surface area contributed by atoms with Gasteiger partial charge in [-0.1, -0.05) is 17.7 Å². The first-order chi connectivity index (χ1) is 9.11. The molecule has 0 atom stereocenters. The number of hydrogen-bond donors (Lipinski definition) is 1. The van der Waals surface area contributed by atoms with Crippen LogP contribution in [0.3, 0.4) is 0 Å². The molecule has 19 heavy (non-hydrogen) atoms. The average molecular weight is 281 g/mol. The number of pyridine rings is 1. The Bertz CT molecular complexity index is 569. The van der Waals surface area contributed by atoms with Crippen molar-refractivity contribution in [2.45, 2.75) is 20.1 Å². The van der Waals surface area contributed by atoms with Crippen LogP contribution in [0.4, 0.5) is 4.39 Å². The van der Waals surface area contributed by atoms with Gasteiger partial charge in [-0.25, -0.2) is 4.39 Å². The number of nitrogens with zero attached hydrogens (tertiary/aromatic N) is 1. The standard InChI is InChI=1S/C14H14ClFN2O/c1-9-5-6-14(13(7-17)18-9)19-8-10-11(15)3-2-4-12(10)16/h2-6H,7-8,17H2,1H3. The van der Waals surface area contributed by atoms with Crippen molar-refractivity contribution in [2.24, 2.45) is 5.73 Å². The topological polar surface area (TPSA) is 48.1 Å². The van der Waals surface area contributed by atoms with E-state index in [-0.39, 0.29) is 19.0 Å². The van der Waals surface area contributed by atoms with Gasteiger partial charge in [-0.15, -0.1) is 0 Å². The number of halogens is 2. The van der Waals surface area contributed by atoms with Gasteiger partial charge >= 0.3 is 0 Å². The molecule has 100 valence electrons. The molecule has 0 unspecified atom stereocenters. The molecule has 0 bridgehead atoms. The number of ether oxygens (including phenoxy) is 1. The van der Waals surface area contributed by atoms with Crippen molar-refractivity contribution in [2.75, 3.05) is 0 Å². The van der Waals surface area contributed by atoms with Gasteiger partial charge in [-0.2, -0.15) is 0 Å². The summed E-state index contributed by atoms with van der Waals surface area (Å²) in [5.74, 6) is 0.161. The van der Waals surface area contributed by atoms with E-state index in [4.69, 9.17) is 22.1 Å². The maximum absolute atomic E-state index is 13.6. The van der Waals surface area contributed by atoms with Gasteiger partial charge in [0.15, 0.2) is 0 Å². The molecule has 0 aliphatic rings. The van der Waals surface area contributed by atoms with Crippen LogP contribution in [0.5, 0.6) is 5.75 Å². The van der Waals surface area contributed by atoms with Gasteiger partial charge < -0.3 is 10.5 Å². The fourth-order valence-corrected chi connectivity index (χ4v) is 1.91. The van der Waals surface area contributed by atoms with E-state index in [1.165, 1.54) is 6.07 Å². The highest BCUT2D eigenvalue weighted by Gasteiger charge is 2.10. The summed E-state index contributed by atoms with van der Waals surface area (Å²) >= 11 is 5.93. The van der Waals surface area contributed by atoms with Crippen LogP contribution >= 0.6 is 11.6 Å². The van der Waals surface area contributed by atoms with Gasteiger partial charge in [0.2, 0.25) is 0 Å². The molecule has 0 aliphatic carbocycles. The Morgan fingerprint density at radius 2 is 2.11 bits per heavy atom. The van der Waals surface area contributed by atoms with Crippen molar-refractivity contribution in [1.29, 1.82) is 0 Å². The van der Waals surface area contributed by atoms with Crippen molar-refractivity contribution in [3.8, 4) is 5.75 Å². The first-order valence-electron chi connectivity index (χ1n) is 5.84. The lowest BCUT2D eigenvalue weighted by molar-refractivity contribution is 0.295. The zero-order valence-electron chi connectivity index (χ0n) is 10.5. The molecule has 0 saturated carbocycles. The predicted molar refractivity (Wildman–Crippen MR) is 72.6 cm³/mol. The second-order valence-corrected chi connectivity index (χ2v) is 4.50. The molecule has 5 heteroatoms. The van der Waals surface area contributed by atoms with Crippen LogP contribution in [0.15, 0.2) is 30.3 Å². The number of rotatable bonds is 4. The summed E-state index contributed by atoms with van der Waals surface area (Å²) in [6.45, 7) is 2.18. The third kappa shape index (κ3) is 3.22. The molecule has 0 fully saturated rings. The molecule has 3 nitrogen and oxygen atoms in total. The molecular weight excluding hydrogens is 267 g/mol. The second kappa shape index (κ2) is 5.99. The Labute approximate surface area is 116 Å². The highest BCUT2D eigenvalue weighted by molar-refractivity contribution is 6.31. The molecule has 0 saturated heterocycles. The van der Waals surface area contributed by atoms with E-state index >= 15 is 0 Å². The molecule has 2 rings (SSSR count). The molecule has 0 aliphatic heterocycles.